The molecule has 1 aromatic carbocycles. The van der Waals surface area contributed by atoms with Crippen molar-refractivity contribution in [3.8, 4) is 5.75 Å². The topological polar surface area (TPSA) is 37.0 Å². The molecule has 1 aliphatic rings. The van der Waals surface area contributed by atoms with Gasteiger partial charge in [0.1, 0.15) is 11.9 Å². The lowest BCUT2D eigenvalue weighted by atomic mass is 10.2. The lowest BCUT2D eigenvalue weighted by molar-refractivity contribution is 0.223. The standard InChI is InChI=1S/C14H18N2O/c1-2-11-7-10-8-12(3-4-14(10)16-11)17-13-5-6-15-9-13/h3-4,7-8,13,15-16H,2,5-6,9H2,1H3. The van der Waals surface area contributed by atoms with E-state index in [1.165, 1.54) is 16.6 Å². The maximum Gasteiger partial charge on any atom is 0.120 e. The van der Waals surface area contributed by atoms with E-state index in [2.05, 4.69) is 41.5 Å². The predicted octanol–water partition coefficient (Wildman–Crippen LogP) is 2.47. The van der Waals surface area contributed by atoms with Crippen LogP contribution in [0.1, 0.15) is 19.0 Å². The van der Waals surface area contributed by atoms with E-state index in [9.17, 15) is 0 Å². The Morgan fingerprint density at radius 3 is 3.06 bits per heavy atom. The molecule has 2 heterocycles. The quantitative estimate of drug-likeness (QED) is 0.850. The molecule has 17 heavy (non-hydrogen) atoms. The highest BCUT2D eigenvalue weighted by Gasteiger charge is 2.15. The van der Waals surface area contributed by atoms with Gasteiger partial charge in [-0.3, -0.25) is 0 Å². The summed E-state index contributed by atoms with van der Waals surface area (Å²) < 4.78 is 5.95. The smallest absolute Gasteiger partial charge is 0.120 e. The molecule has 1 aromatic heterocycles. The van der Waals surface area contributed by atoms with Crippen molar-refractivity contribution >= 4 is 10.9 Å². The summed E-state index contributed by atoms with van der Waals surface area (Å²) in [6.45, 7) is 4.19. The molecule has 1 fully saturated rings. The van der Waals surface area contributed by atoms with Crippen molar-refractivity contribution in [2.45, 2.75) is 25.9 Å². The number of rotatable bonds is 3. The maximum atomic E-state index is 5.95. The highest BCUT2D eigenvalue weighted by atomic mass is 16.5. The molecule has 2 N–H and O–H groups in total. The fraction of sp³-hybridized carbons (Fsp3) is 0.429. The molecule has 0 bridgehead atoms. The van der Waals surface area contributed by atoms with Gasteiger partial charge in [0.25, 0.3) is 0 Å². The first-order valence-electron chi connectivity index (χ1n) is 6.34. The zero-order valence-corrected chi connectivity index (χ0v) is 10.1. The number of aromatic nitrogens is 1. The van der Waals surface area contributed by atoms with Crippen LogP contribution in [0.3, 0.4) is 0 Å². The molecule has 90 valence electrons. The number of benzene rings is 1. The normalized spacial score (nSPS) is 19.9. The van der Waals surface area contributed by atoms with Gasteiger partial charge in [0.2, 0.25) is 0 Å². The first-order valence-corrected chi connectivity index (χ1v) is 6.34. The van der Waals surface area contributed by atoms with Gasteiger partial charge in [-0.25, -0.2) is 0 Å². The first-order chi connectivity index (χ1) is 8.35. The third-order valence-corrected chi connectivity index (χ3v) is 3.35. The van der Waals surface area contributed by atoms with Gasteiger partial charge < -0.3 is 15.0 Å². The van der Waals surface area contributed by atoms with Crippen LogP contribution in [0, 0.1) is 0 Å². The van der Waals surface area contributed by atoms with Crippen molar-refractivity contribution in [2.75, 3.05) is 13.1 Å². The molecule has 0 saturated carbocycles. The number of hydrogen-bond donors (Lipinski definition) is 2. The van der Waals surface area contributed by atoms with Crippen LogP contribution in [0.2, 0.25) is 0 Å². The largest absolute Gasteiger partial charge is 0.489 e. The second-order valence-corrected chi connectivity index (χ2v) is 4.63. The monoisotopic (exact) mass is 230 g/mol. The summed E-state index contributed by atoms with van der Waals surface area (Å²) in [4.78, 5) is 3.40. The molecule has 0 aliphatic carbocycles. The summed E-state index contributed by atoms with van der Waals surface area (Å²) in [5.74, 6) is 0.979. The molecule has 0 radical (unpaired) electrons. The van der Waals surface area contributed by atoms with Crippen molar-refractivity contribution in [2.24, 2.45) is 0 Å². The summed E-state index contributed by atoms with van der Waals surface area (Å²) >= 11 is 0. The van der Waals surface area contributed by atoms with Crippen LogP contribution in [-0.2, 0) is 6.42 Å². The van der Waals surface area contributed by atoms with Crippen molar-refractivity contribution < 1.29 is 4.74 Å². The number of fused-ring (bicyclic) bond motifs is 1. The second kappa shape index (κ2) is 4.41. The van der Waals surface area contributed by atoms with Crippen molar-refractivity contribution in [3.05, 3.63) is 30.0 Å². The van der Waals surface area contributed by atoms with Gasteiger partial charge >= 0.3 is 0 Å². The molecule has 0 spiro atoms. The molecule has 3 rings (SSSR count). The Morgan fingerprint density at radius 1 is 1.35 bits per heavy atom. The van der Waals surface area contributed by atoms with Crippen molar-refractivity contribution in [1.82, 2.24) is 10.3 Å². The second-order valence-electron chi connectivity index (χ2n) is 4.63. The molecule has 0 amide bonds. The summed E-state index contributed by atoms with van der Waals surface area (Å²) in [6, 6.07) is 8.49. The SMILES string of the molecule is CCc1cc2cc(OC3CCNC3)ccc2[nH]1. The average molecular weight is 230 g/mol. The molecule has 1 unspecified atom stereocenters. The Morgan fingerprint density at radius 2 is 2.29 bits per heavy atom. The van der Waals surface area contributed by atoms with Gasteiger partial charge in [0.05, 0.1) is 0 Å². The minimum absolute atomic E-state index is 0.331. The third-order valence-electron chi connectivity index (χ3n) is 3.35. The zero-order chi connectivity index (χ0) is 11.7. The molecule has 2 aromatic rings. The number of aryl methyl sites for hydroxylation is 1. The number of ether oxygens (including phenoxy) is 1. The molecule has 3 heteroatoms. The molecule has 1 saturated heterocycles. The van der Waals surface area contributed by atoms with Gasteiger partial charge in [-0.1, -0.05) is 6.92 Å². The number of H-pyrrole nitrogens is 1. The Balaban J connectivity index is 1.84. The third kappa shape index (κ3) is 2.15. The van der Waals surface area contributed by atoms with Gasteiger partial charge in [-0.05, 0) is 43.7 Å². The van der Waals surface area contributed by atoms with Crippen LogP contribution < -0.4 is 10.1 Å². The number of nitrogens with one attached hydrogen (secondary N) is 2. The average Bonchev–Trinajstić information content (AvgIpc) is 2.96. The molecule has 1 atom stereocenters. The van der Waals surface area contributed by atoms with Gasteiger partial charge in [-0.15, -0.1) is 0 Å². The Labute approximate surface area is 101 Å². The number of aromatic amines is 1. The summed E-state index contributed by atoms with van der Waals surface area (Å²) in [5, 5.41) is 4.55. The zero-order valence-electron chi connectivity index (χ0n) is 10.1. The van der Waals surface area contributed by atoms with Crippen LogP contribution in [0.25, 0.3) is 10.9 Å². The summed E-state index contributed by atoms with van der Waals surface area (Å²) in [6.07, 6.45) is 2.47. The summed E-state index contributed by atoms with van der Waals surface area (Å²) in [5.41, 5.74) is 2.47. The van der Waals surface area contributed by atoms with Crippen molar-refractivity contribution in [3.63, 3.8) is 0 Å². The molecular weight excluding hydrogens is 212 g/mol. The van der Waals surface area contributed by atoms with Gasteiger partial charge in [-0.2, -0.15) is 0 Å². The van der Waals surface area contributed by atoms with Gasteiger partial charge in [0.15, 0.2) is 0 Å². The van der Waals surface area contributed by atoms with Crippen LogP contribution in [0.4, 0.5) is 0 Å². The van der Waals surface area contributed by atoms with Crippen LogP contribution in [0.15, 0.2) is 24.3 Å². The van der Waals surface area contributed by atoms with E-state index >= 15 is 0 Å². The van der Waals surface area contributed by atoms with Crippen LogP contribution in [0.5, 0.6) is 5.75 Å². The van der Waals surface area contributed by atoms with E-state index in [0.29, 0.717) is 6.10 Å². The number of hydrogen-bond acceptors (Lipinski definition) is 2. The van der Waals surface area contributed by atoms with Crippen LogP contribution >= 0.6 is 0 Å². The maximum absolute atomic E-state index is 5.95. The Bertz CT molecular complexity index is 512. The predicted molar refractivity (Wildman–Crippen MR) is 69.6 cm³/mol. The fourth-order valence-corrected chi connectivity index (χ4v) is 2.36. The minimum Gasteiger partial charge on any atom is -0.489 e. The molecule has 3 nitrogen and oxygen atoms in total. The van der Waals surface area contributed by atoms with Crippen LogP contribution in [-0.4, -0.2) is 24.2 Å². The van der Waals surface area contributed by atoms with E-state index in [1.807, 2.05) is 0 Å². The first kappa shape index (κ1) is 10.7. The molecule has 1 aliphatic heterocycles. The van der Waals surface area contributed by atoms with E-state index in [1.54, 1.807) is 0 Å². The minimum atomic E-state index is 0.331. The van der Waals surface area contributed by atoms with E-state index < -0.39 is 0 Å². The van der Waals surface area contributed by atoms with Gasteiger partial charge in [0, 0.05) is 23.1 Å². The Hall–Kier alpha value is -1.48. The Kier molecular flexibility index (Phi) is 2.77. The van der Waals surface area contributed by atoms with E-state index in [-0.39, 0.29) is 0 Å². The lowest BCUT2D eigenvalue weighted by Crippen LogP contribution is -2.19. The van der Waals surface area contributed by atoms with E-state index in [0.717, 1.165) is 31.7 Å². The molecular formula is C14H18N2O. The van der Waals surface area contributed by atoms with E-state index in [4.69, 9.17) is 4.74 Å². The lowest BCUT2D eigenvalue weighted by Gasteiger charge is -2.12. The van der Waals surface area contributed by atoms with Crippen molar-refractivity contribution in [1.29, 1.82) is 0 Å². The summed E-state index contributed by atoms with van der Waals surface area (Å²) in [7, 11) is 0. The highest BCUT2D eigenvalue weighted by Crippen LogP contribution is 2.23. The highest BCUT2D eigenvalue weighted by molar-refractivity contribution is 5.81. The fourth-order valence-electron chi connectivity index (χ4n) is 2.36.